The van der Waals surface area contributed by atoms with Crippen molar-refractivity contribution in [3.63, 3.8) is 0 Å². The van der Waals surface area contributed by atoms with Gasteiger partial charge in [0.05, 0.1) is 0 Å². The number of hydrogen-bond acceptors (Lipinski definition) is 3. The third kappa shape index (κ3) is 6.97. The zero-order chi connectivity index (χ0) is 13.2. The molecule has 18 heavy (non-hydrogen) atoms. The molecule has 0 fully saturated rings. The van der Waals surface area contributed by atoms with Crippen LogP contribution in [0.25, 0.3) is 0 Å². The van der Waals surface area contributed by atoms with E-state index in [-0.39, 0.29) is 0 Å². The van der Waals surface area contributed by atoms with E-state index in [1.54, 1.807) is 7.11 Å². The van der Waals surface area contributed by atoms with Crippen LogP contribution in [0.3, 0.4) is 0 Å². The maximum atomic E-state index is 5.86. The van der Waals surface area contributed by atoms with Crippen LogP contribution in [-0.4, -0.2) is 45.3 Å². The van der Waals surface area contributed by atoms with E-state index in [0.29, 0.717) is 0 Å². The minimum absolute atomic E-state index is 0.793. The molecule has 0 heterocycles. The van der Waals surface area contributed by atoms with Crippen LogP contribution in [0.5, 0.6) is 0 Å². The molecule has 0 aliphatic heterocycles. The summed E-state index contributed by atoms with van der Waals surface area (Å²) >= 11 is 5.86. The lowest BCUT2D eigenvalue weighted by Gasteiger charge is -2.17. The van der Waals surface area contributed by atoms with E-state index < -0.39 is 0 Å². The van der Waals surface area contributed by atoms with Gasteiger partial charge in [-0.1, -0.05) is 23.7 Å². The molecule has 0 bridgehead atoms. The first-order valence-corrected chi connectivity index (χ1v) is 6.73. The van der Waals surface area contributed by atoms with Crippen LogP contribution in [0.4, 0.5) is 0 Å². The number of rotatable bonds is 9. The highest BCUT2D eigenvalue weighted by Gasteiger charge is 2.00. The van der Waals surface area contributed by atoms with Crippen molar-refractivity contribution in [1.82, 2.24) is 10.2 Å². The van der Waals surface area contributed by atoms with Gasteiger partial charge in [-0.15, -0.1) is 0 Å². The standard InChI is InChI=1S/C14H23ClN2O/c1-17(10-9-16-8-3-11-18-2)12-13-4-6-14(15)7-5-13/h4-7,16H,3,8-12H2,1-2H3. The molecule has 0 unspecified atom stereocenters. The summed E-state index contributed by atoms with van der Waals surface area (Å²) in [6.07, 6.45) is 1.07. The molecule has 1 aromatic rings. The van der Waals surface area contributed by atoms with Gasteiger partial charge < -0.3 is 15.0 Å². The Hall–Kier alpha value is -0.610. The fourth-order valence-corrected chi connectivity index (χ4v) is 1.84. The lowest BCUT2D eigenvalue weighted by atomic mass is 10.2. The van der Waals surface area contributed by atoms with E-state index in [1.165, 1.54) is 5.56 Å². The molecule has 3 nitrogen and oxygen atoms in total. The third-order valence-electron chi connectivity index (χ3n) is 2.74. The van der Waals surface area contributed by atoms with Gasteiger partial charge in [-0.05, 0) is 37.7 Å². The number of hydrogen-bond donors (Lipinski definition) is 1. The molecule has 1 aromatic carbocycles. The number of likely N-dealkylation sites (N-methyl/N-ethyl adjacent to an activating group) is 1. The van der Waals surface area contributed by atoms with Crippen LogP contribution in [0.1, 0.15) is 12.0 Å². The first-order chi connectivity index (χ1) is 8.72. The lowest BCUT2D eigenvalue weighted by Crippen LogP contribution is -2.29. The highest BCUT2D eigenvalue weighted by atomic mass is 35.5. The van der Waals surface area contributed by atoms with Gasteiger partial charge in [-0.25, -0.2) is 0 Å². The Balaban J connectivity index is 2.10. The Morgan fingerprint density at radius 3 is 2.61 bits per heavy atom. The van der Waals surface area contributed by atoms with Crippen molar-refractivity contribution in [3.8, 4) is 0 Å². The molecule has 0 radical (unpaired) electrons. The molecule has 0 saturated heterocycles. The molecule has 0 aliphatic rings. The van der Waals surface area contributed by atoms with Crippen molar-refractivity contribution in [2.24, 2.45) is 0 Å². The monoisotopic (exact) mass is 270 g/mol. The molecule has 1 rings (SSSR count). The summed E-state index contributed by atoms with van der Waals surface area (Å²) in [7, 11) is 3.87. The Kier molecular flexibility index (Phi) is 8.01. The first-order valence-electron chi connectivity index (χ1n) is 6.35. The topological polar surface area (TPSA) is 24.5 Å². The van der Waals surface area contributed by atoms with Crippen molar-refractivity contribution in [2.75, 3.05) is 40.4 Å². The second kappa shape index (κ2) is 9.34. The molecule has 0 saturated carbocycles. The van der Waals surface area contributed by atoms with E-state index in [4.69, 9.17) is 16.3 Å². The third-order valence-corrected chi connectivity index (χ3v) is 2.99. The molecule has 0 aromatic heterocycles. The Labute approximate surface area is 115 Å². The van der Waals surface area contributed by atoms with Gasteiger partial charge >= 0.3 is 0 Å². The smallest absolute Gasteiger partial charge is 0.0474 e. The van der Waals surface area contributed by atoms with Crippen LogP contribution in [0.2, 0.25) is 5.02 Å². The molecule has 102 valence electrons. The number of halogens is 1. The average Bonchev–Trinajstić information content (AvgIpc) is 2.36. The van der Waals surface area contributed by atoms with Crippen LogP contribution in [0, 0.1) is 0 Å². The summed E-state index contributed by atoms with van der Waals surface area (Å²) in [5, 5.41) is 4.20. The summed E-state index contributed by atoms with van der Waals surface area (Å²) in [5.74, 6) is 0. The molecule has 1 N–H and O–H groups in total. The molecule has 0 aliphatic carbocycles. The summed E-state index contributed by atoms with van der Waals surface area (Å²) < 4.78 is 5.00. The van der Waals surface area contributed by atoms with E-state index >= 15 is 0 Å². The minimum Gasteiger partial charge on any atom is -0.385 e. The van der Waals surface area contributed by atoms with Gasteiger partial charge in [0, 0.05) is 38.4 Å². The van der Waals surface area contributed by atoms with E-state index in [9.17, 15) is 0 Å². The van der Waals surface area contributed by atoms with Crippen molar-refractivity contribution in [2.45, 2.75) is 13.0 Å². The van der Waals surface area contributed by atoms with Gasteiger partial charge in [0.25, 0.3) is 0 Å². The minimum atomic E-state index is 0.793. The van der Waals surface area contributed by atoms with Gasteiger partial charge in [-0.2, -0.15) is 0 Å². The maximum absolute atomic E-state index is 5.86. The fourth-order valence-electron chi connectivity index (χ4n) is 1.72. The highest BCUT2D eigenvalue weighted by molar-refractivity contribution is 6.30. The lowest BCUT2D eigenvalue weighted by molar-refractivity contribution is 0.194. The largest absolute Gasteiger partial charge is 0.385 e. The molecule has 0 atom stereocenters. The van der Waals surface area contributed by atoms with E-state index in [2.05, 4.69) is 29.4 Å². The van der Waals surface area contributed by atoms with Gasteiger partial charge in [0.1, 0.15) is 0 Å². The molecular weight excluding hydrogens is 248 g/mol. The van der Waals surface area contributed by atoms with Gasteiger partial charge in [0.2, 0.25) is 0 Å². The van der Waals surface area contributed by atoms with Gasteiger partial charge in [0.15, 0.2) is 0 Å². The van der Waals surface area contributed by atoms with E-state index in [1.807, 2.05) is 12.1 Å². The van der Waals surface area contributed by atoms with E-state index in [0.717, 1.165) is 44.2 Å². The van der Waals surface area contributed by atoms with Gasteiger partial charge in [-0.3, -0.25) is 0 Å². The second-order valence-electron chi connectivity index (χ2n) is 4.46. The highest BCUT2D eigenvalue weighted by Crippen LogP contribution is 2.10. The van der Waals surface area contributed by atoms with Crippen molar-refractivity contribution in [3.05, 3.63) is 34.9 Å². The van der Waals surface area contributed by atoms with Crippen molar-refractivity contribution >= 4 is 11.6 Å². The number of nitrogens with zero attached hydrogens (tertiary/aromatic N) is 1. The SMILES string of the molecule is COCCCNCCN(C)Cc1ccc(Cl)cc1. The first kappa shape index (κ1) is 15.4. The van der Waals surface area contributed by atoms with Crippen molar-refractivity contribution < 1.29 is 4.74 Å². The second-order valence-corrected chi connectivity index (χ2v) is 4.90. The Bertz CT molecular complexity index is 316. The molecule has 0 amide bonds. The Morgan fingerprint density at radius 2 is 1.94 bits per heavy atom. The predicted molar refractivity (Wildman–Crippen MR) is 77.1 cm³/mol. The zero-order valence-electron chi connectivity index (χ0n) is 11.3. The van der Waals surface area contributed by atoms with Crippen LogP contribution in [-0.2, 0) is 11.3 Å². The summed E-state index contributed by atoms with van der Waals surface area (Å²) in [6, 6.07) is 8.02. The summed E-state index contributed by atoms with van der Waals surface area (Å²) in [6.45, 7) is 4.84. The Morgan fingerprint density at radius 1 is 1.22 bits per heavy atom. The number of ether oxygens (including phenoxy) is 1. The average molecular weight is 271 g/mol. The zero-order valence-corrected chi connectivity index (χ0v) is 12.0. The fraction of sp³-hybridized carbons (Fsp3) is 0.571. The molecule has 4 heteroatoms. The van der Waals surface area contributed by atoms with Crippen molar-refractivity contribution in [1.29, 1.82) is 0 Å². The number of nitrogens with one attached hydrogen (secondary N) is 1. The van der Waals surface area contributed by atoms with Crippen LogP contribution in [0.15, 0.2) is 24.3 Å². The quantitative estimate of drug-likeness (QED) is 0.698. The summed E-state index contributed by atoms with van der Waals surface area (Å²) in [4.78, 5) is 2.30. The predicted octanol–water partition coefficient (Wildman–Crippen LogP) is 2.40. The molecule has 0 spiro atoms. The summed E-state index contributed by atoms with van der Waals surface area (Å²) in [5.41, 5.74) is 1.29. The number of benzene rings is 1. The number of methoxy groups -OCH3 is 1. The molecular formula is C14H23ClN2O. The normalized spacial score (nSPS) is 11.1. The van der Waals surface area contributed by atoms with Crippen LogP contribution >= 0.6 is 11.6 Å². The van der Waals surface area contributed by atoms with Crippen LogP contribution < -0.4 is 5.32 Å². The maximum Gasteiger partial charge on any atom is 0.0474 e.